The van der Waals surface area contributed by atoms with Gasteiger partial charge in [-0.2, -0.15) is 0 Å². The summed E-state index contributed by atoms with van der Waals surface area (Å²) >= 11 is 0. The van der Waals surface area contributed by atoms with Crippen molar-refractivity contribution in [2.24, 2.45) is 5.73 Å². The molecule has 4 N–H and O–H groups in total. The van der Waals surface area contributed by atoms with E-state index in [-0.39, 0.29) is 12.2 Å². The number of aromatic nitrogens is 1. The van der Waals surface area contributed by atoms with E-state index >= 15 is 0 Å². The smallest absolute Gasteiger partial charge is 0.336 e. The number of carboxylic acid groups (broad SMARTS) is 1. The molecule has 0 fully saturated rings. The van der Waals surface area contributed by atoms with Crippen LogP contribution >= 0.6 is 0 Å². The van der Waals surface area contributed by atoms with Crippen LogP contribution in [0.1, 0.15) is 28.0 Å². The summed E-state index contributed by atoms with van der Waals surface area (Å²) in [6, 6.07) is 0.936. The van der Waals surface area contributed by atoms with E-state index in [0.717, 1.165) is 6.07 Å². The van der Waals surface area contributed by atoms with Gasteiger partial charge in [0, 0.05) is 12.2 Å². The van der Waals surface area contributed by atoms with E-state index in [2.05, 4.69) is 4.98 Å². The average molecular weight is 218 g/mol. The molecule has 5 nitrogen and oxygen atoms in total. The van der Waals surface area contributed by atoms with Crippen LogP contribution in [0.4, 0.5) is 8.78 Å². The van der Waals surface area contributed by atoms with Crippen molar-refractivity contribution in [1.82, 2.24) is 4.98 Å². The summed E-state index contributed by atoms with van der Waals surface area (Å²) in [5.74, 6) is -1.58. The molecule has 0 aliphatic carbocycles. The molecule has 1 heterocycles. The highest BCUT2D eigenvalue weighted by atomic mass is 19.3. The molecule has 1 rings (SSSR count). The second kappa shape index (κ2) is 4.18. The lowest BCUT2D eigenvalue weighted by atomic mass is 10.1. The van der Waals surface area contributed by atoms with Gasteiger partial charge >= 0.3 is 5.97 Å². The third kappa shape index (κ3) is 2.18. The highest BCUT2D eigenvalue weighted by Gasteiger charge is 2.22. The van der Waals surface area contributed by atoms with Gasteiger partial charge in [-0.3, -0.25) is 4.79 Å². The maximum Gasteiger partial charge on any atom is 0.336 e. The number of rotatable bonds is 3. The lowest BCUT2D eigenvalue weighted by Crippen LogP contribution is -2.21. The van der Waals surface area contributed by atoms with Crippen LogP contribution in [-0.4, -0.2) is 16.1 Å². The van der Waals surface area contributed by atoms with Crippen molar-refractivity contribution in [3.8, 4) is 0 Å². The molecule has 0 aliphatic heterocycles. The minimum atomic E-state index is -3.13. The Hall–Kier alpha value is -1.76. The molecule has 0 spiro atoms. The number of nitrogens with one attached hydrogen (secondary N) is 1. The molecule has 1 aromatic rings. The first kappa shape index (κ1) is 11.3. The molecule has 0 unspecified atom stereocenters. The molecule has 7 heteroatoms. The van der Waals surface area contributed by atoms with E-state index in [1.165, 1.54) is 0 Å². The van der Waals surface area contributed by atoms with Crippen LogP contribution < -0.4 is 11.3 Å². The number of carbonyl (C=O) groups is 1. The van der Waals surface area contributed by atoms with E-state index in [4.69, 9.17) is 10.8 Å². The van der Waals surface area contributed by atoms with E-state index in [1.54, 1.807) is 0 Å². The van der Waals surface area contributed by atoms with Crippen LogP contribution in [0.2, 0.25) is 0 Å². The van der Waals surface area contributed by atoms with Crippen molar-refractivity contribution >= 4 is 5.97 Å². The highest BCUT2D eigenvalue weighted by molar-refractivity contribution is 5.89. The lowest BCUT2D eigenvalue weighted by molar-refractivity contribution is 0.0683. The van der Waals surface area contributed by atoms with Gasteiger partial charge in [0.15, 0.2) is 0 Å². The van der Waals surface area contributed by atoms with Gasteiger partial charge in [0.25, 0.3) is 12.0 Å². The number of aromatic amines is 1. The predicted molar refractivity (Wildman–Crippen MR) is 46.9 cm³/mol. The van der Waals surface area contributed by atoms with Crippen molar-refractivity contribution in [2.75, 3.05) is 0 Å². The Morgan fingerprint density at radius 1 is 1.60 bits per heavy atom. The Labute approximate surface area is 82.5 Å². The summed E-state index contributed by atoms with van der Waals surface area (Å²) < 4.78 is 24.7. The molecule has 0 atom stereocenters. The monoisotopic (exact) mass is 218 g/mol. The minimum absolute atomic E-state index is 0.0989. The first-order valence-electron chi connectivity index (χ1n) is 3.95. The van der Waals surface area contributed by atoms with Gasteiger partial charge in [0.1, 0.15) is 0 Å². The molecule has 0 bridgehead atoms. The van der Waals surface area contributed by atoms with E-state index in [1.807, 2.05) is 0 Å². The van der Waals surface area contributed by atoms with Gasteiger partial charge in [-0.15, -0.1) is 0 Å². The molecular formula is C8H8F2N2O3. The highest BCUT2D eigenvalue weighted by Crippen LogP contribution is 2.19. The Balaban J connectivity index is 3.50. The fourth-order valence-corrected chi connectivity index (χ4v) is 1.13. The number of alkyl halides is 2. The Kier molecular flexibility index (Phi) is 3.15. The summed E-state index contributed by atoms with van der Waals surface area (Å²) in [6.07, 6.45) is -3.13. The number of H-pyrrole nitrogens is 1. The number of aromatic carboxylic acids is 1. The van der Waals surface area contributed by atoms with Crippen LogP contribution in [0.3, 0.4) is 0 Å². The summed E-state index contributed by atoms with van der Waals surface area (Å²) in [5.41, 5.74) is 2.39. The topological polar surface area (TPSA) is 96.2 Å². The molecular weight excluding hydrogens is 210 g/mol. The van der Waals surface area contributed by atoms with Crippen LogP contribution in [0.25, 0.3) is 0 Å². The van der Waals surface area contributed by atoms with Gasteiger partial charge in [0.2, 0.25) is 0 Å². The number of carboxylic acids is 1. The van der Waals surface area contributed by atoms with Crippen LogP contribution in [0.5, 0.6) is 0 Å². The summed E-state index contributed by atoms with van der Waals surface area (Å²) in [4.78, 5) is 23.8. The van der Waals surface area contributed by atoms with Crippen LogP contribution in [0, 0.1) is 0 Å². The van der Waals surface area contributed by atoms with Gasteiger partial charge in [-0.25, -0.2) is 13.6 Å². The van der Waals surface area contributed by atoms with Gasteiger partial charge in [-0.1, -0.05) is 0 Å². The number of halogens is 2. The summed E-state index contributed by atoms with van der Waals surface area (Å²) in [6.45, 7) is -0.126. The number of nitrogens with two attached hydrogens (primary N) is 1. The zero-order valence-electron chi connectivity index (χ0n) is 7.46. The molecule has 0 aliphatic rings. The second-order valence-electron chi connectivity index (χ2n) is 2.76. The first-order valence-corrected chi connectivity index (χ1v) is 3.95. The standard InChI is InChI=1S/C8H8F2N2O3/c9-6(10)5-4(8(14)15)1-3(2-11)12-7(5)13/h1,6H,2,11H2,(H,12,13)(H,14,15). The molecule has 0 aromatic carbocycles. The van der Waals surface area contributed by atoms with Crippen LogP contribution in [-0.2, 0) is 6.54 Å². The fourth-order valence-electron chi connectivity index (χ4n) is 1.13. The zero-order chi connectivity index (χ0) is 11.6. The number of hydrogen-bond donors (Lipinski definition) is 3. The molecule has 1 aromatic heterocycles. The van der Waals surface area contributed by atoms with Gasteiger partial charge < -0.3 is 15.8 Å². The zero-order valence-corrected chi connectivity index (χ0v) is 7.46. The van der Waals surface area contributed by atoms with Gasteiger partial charge in [0.05, 0.1) is 11.1 Å². The number of hydrogen-bond acceptors (Lipinski definition) is 3. The molecule has 0 amide bonds. The van der Waals surface area contributed by atoms with Crippen molar-refractivity contribution in [3.05, 3.63) is 33.2 Å². The van der Waals surface area contributed by atoms with E-state index < -0.39 is 29.1 Å². The Morgan fingerprint density at radius 2 is 2.20 bits per heavy atom. The first-order chi connectivity index (χ1) is 6.97. The molecule has 0 saturated heterocycles. The molecule has 0 saturated carbocycles. The van der Waals surface area contributed by atoms with Crippen molar-refractivity contribution in [1.29, 1.82) is 0 Å². The van der Waals surface area contributed by atoms with Crippen molar-refractivity contribution in [3.63, 3.8) is 0 Å². The van der Waals surface area contributed by atoms with Crippen molar-refractivity contribution in [2.45, 2.75) is 13.0 Å². The number of pyridine rings is 1. The Bertz CT molecular complexity index is 442. The summed E-state index contributed by atoms with van der Waals surface area (Å²) in [7, 11) is 0. The molecule has 15 heavy (non-hydrogen) atoms. The normalized spacial score (nSPS) is 10.7. The lowest BCUT2D eigenvalue weighted by Gasteiger charge is -2.05. The maximum absolute atomic E-state index is 12.4. The summed E-state index contributed by atoms with van der Waals surface area (Å²) in [5, 5.41) is 8.63. The predicted octanol–water partition coefficient (Wildman–Crippen LogP) is 0.469. The van der Waals surface area contributed by atoms with E-state index in [0.29, 0.717) is 0 Å². The SMILES string of the molecule is NCc1cc(C(=O)O)c(C(F)F)c(=O)[nH]1. The fraction of sp³-hybridized carbons (Fsp3) is 0.250. The molecule has 82 valence electrons. The third-order valence-corrected chi connectivity index (χ3v) is 1.80. The quantitative estimate of drug-likeness (QED) is 0.687. The molecule has 0 radical (unpaired) electrons. The van der Waals surface area contributed by atoms with Crippen LogP contribution in [0.15, 0.2) is 10.9 Å². The minimum Gasteiger partial charge on any atom is -0.478 e. The van der Waals surface area contributed by atoms with E-state index in [9.17, 15) is 18.4 Å². The third-order valence-electron chi connectivity index (χ3n) is 1.80. The average Bonchev–Trinajstić information content (AvgIpc) is 2.15. The second-order valence-corrected chi connectivity index (χ2v) is 2.76. The van der Waals surface area contributed by atoms with Crippen molar-refractivity contribution < 1.29 is 18.7 Å². The largest absolute Gasteiger partial charge is 0.478 e. The maximum atomic E-state index is 12.4. The van der Waals surface area contributed by atoms with Gasteiger partial charge in [-0.05, 0) is 6.07 Å². The Morgan fingerprint density at radius 3 is 2.60 bits per heavy atom.